The fourth-order valence-corrected chi connectivity index (χ4v) is 11.8. The maximum atomic E-state index is 12.3. The Kier molecular flexibility index (Phi) is 58.0. The number of rotatable bonds is 62. The van der Waals surface area contributed by atoms with Gasteiger partial charge in [0.25, 0.3) is 0 Å². The summed E-state index contributed by atoms with van der Waals surface area (Å²) in [5, 5.41) is 0. The number of nitrogens with zero attached hydrogens (tertiary/aromatic N) is 3. The molecule has 0 saturated carbocycles. The summed E-state index contributed by atoms with van der Waals surface area (Å²) in [4.78, 5) is 32.9. The first kappa shape index (κ1) is 75.3. The lowest BCUT2D eigenvalue weighted by atomic mass is 9.99. The number of piperidine rings is 1. The lowest BCUT2D eigenvalue weighted by molar-refractivity contribution is -0.144. The van der Waals surface area contributed by atoms with Crippen molar-refractivity contribution in [2.45, 2.75) is 356 Å². The zero-order valence-corrected chi connectivity index (χ0v) is 54.3. The Bertz CT molecular complexity index is 1320. The number of hydrogen-bond donors (Lipinski definition) is 0. The number of hydrogen-bond acceptors (Lipinski definition) is 7. The van der Waals surface area contributed by atoms with Crippen LogP contribution in [0.4, 0.5) is 0 Å². The highest BCUT2D eigenvalue weighted by atomic mass is 16.5. The second-order valence-electron chi connectivity index (χ2n) is 24.9. The van der Waals surface area contributed by atoms with E-state index in [9.17, 15) is 9.59 Å². The molecule has 0 aromatic heterocycles. The molecule has 0 spiro atoms. The summed E-state index contributed by atoms with van der Waals surface area (Å²) in [6.45, 7) is 22.8. The van der Waals surface area contributed by atoms with Gasteiger partial charge in [0.1, 0.15) is 0 Å². The largest absolute Gasteiger partial charge is 0.466 e. The summed E-state index contributed by atoms with van der Waals surface area (Å²) in [6, 6.07) is 0. The molecule has 0 radical (unpaired) electrons. The van der Waals surface area contributed by atoms with Crippen LogP contribution in [0.2, 0.25) is 0 Å². The Morgan fingerprint density at radius 2 is 0.772 bits per heavy atom. The van der Waals surface area contributed by atoms with Gasteiger partial charge in [-0.05, 0) is 122 Å². The van der Waals surface area contributed by atoms with Gasteiger partial charge >= 0.3 is 11.9 Å². The number of likely N-dealkylation sites (tertiary alicyclic amines) is 1. The summed E-state index contributed by atoms with van der Waals surface area (Å²) >= 11 is 0. The zero-order chi connectivity index (χ0) is 57.0. The van der Waals surface area contributed by atoms with Gasteiger partial charge in [-0.1, -0.05) is 270 Å². The number of carbonyl (C=O) groups excluding carboxylic acids is 2. The molecule has 1 rings (SSSR count). The molecule has 0 aromatic carbocycles. The summed E-state index contributed by atoms with van der Waals surface area (Å²) in [7, 11) is 0. The normalized spacial score (nSPS) is 13.9. The van der Waals surface area contributed by atoms with E-state index >= 15 is 0 Å². The predicted octanol–water partition coefficient (Wildman–Crippen LogP) is 21.4. The van der Waals surface area contributed by atoms with Gasteiger partial charge in [0.15, 0.2) is 0 Å². The standard InChI is InChI=1S/C72H139N3O4/c1-6-11-16-19-22-25-28-30-33-36-41-52-69(51-40-35-32-29-26-23-20-17-12-7-2)57-63-73(58-44-37-34-31-27-24-21-18-13-8-3)61-49-53-70-54-50-62-75(68-70)65-64-74(59-45-38-42-55-71(76)78-66-47-14-9-4)60-46-39-43-56-72(77)79-67-48-15-10-5/h52-53H,6-51,54-68H2,1-5H3/b69-52+,70-53-. The van der Waals surface area contributed by atoms with Crippen LogP contribution in [-0.4, -0.2) is 98.8 Å². The van der Waals surface area contributed by atoms with Crippen LogP contribution >= 0.6 is 0 Å². The second kappa shape index (κ2) is 60.9. The predicted molar refractivity (Wildman–Crippen MR) is 347 cm³/mol. The van der Waals surface area contributed by atoms with Crippen LogP contribution in [0.25, 0.3) is 0 Å². The lowest BCUT2D eigenvalue weighted by Crippen LogP contribution is -2.39. The van der Waals surface area contributed by atoms with Crippen molar-refractivity contribution < 1.29 is 19.1 Å². The molecular formula is C72H139N3O4. The van der Waals surface area contributed by atoms with E-state index < -0.39 is 0 Å². The first-order chi connectivity index (χ1) is 38.9. The molecule has 0 unspecified atom stereocenters. The molecule has 7 nitrogen and oxygen atoms in total. The molecule has 0 bridgehead atoms. The van der Waals surface area contributed by atoms with Gasteiger partial charge in [-0.2, -0.15) is 0 Å². The van der Waals surface area contributed by atoms with Crippen LogP contribution in [0.15, 0.2) is 23.3 Å². The average Bonchev–Trinajstić information content (AvgIpc) is 3.45. The minimum absolute atomic E-state index is 0.0290. The molecule has 0 aromatic rings. The summed E-state index contributed by atoms with van der Waals surface area (Å²) in [6.07, 6.45) is 69.1. The molecule has 0 atom stereocenters. The minimum Gasteiger partial charge on any atom is -0.466 e. The molecular weight excluding hydrogens is 971 g/mol. The Balaban J connectivity index is 2.89. The highest BCUT2D eigenvalue weighted by Crippen LogP contribution is 2.22. The first-order valence-corrected chi connectivity index (χ1v) is 35.8. The molecule has 1 heterocycles. The zero-order valence-electron chi connectivity index (χ0n) is 54.3. The number of unbranched alkanes of at least 4 members (excludes halogenated alkanes) is 36. The maximum Gasteiger partial charge on any atom is 0.305 e. The quantitative estimate of drug-likeness (QED) is 0.0342. The van der Waals surface area contributed by atoms with Crippen LogP contribution in [0, 0.1) is 0 Å². The van der Waals surface area contributed by atoms with Crippen molar-refractivity contribution in [3.63, 3.8) is 0 Å². The van der Waals surface area contributed by atoms with E-state index in [2.05, 4.69) is 61.5 Å². The monoisotopic (exact) mass is 1110 g/mol. The van der Waals surface area contributed by atoms with E-state index in [0.29, 0.717) is 26.1 Å². The molecule has 7 heteroatoms. The number of carbonyl (C=O) groups is 2. The van der Waals surface area contributed by atoms with E-state index in [1.54, 1.807) is 11.1 Å². The fraction of sp³-hybridized carbons (Fsp3) is 0.917. The third-order valence-electron chi connectivity index (χ3n) is 17.2. The van der Waals surface area contributed by atoms with Crippen molar-refractivity contribution in [3.05, 3.63) is 23.3 Å². The van der Waals surface area contributed by atoms with Crippen molar-refractivity contribution in [1.82, 2.24) is 14.7 Å². The third kappa shape index (κ3) is 52.8. The van der Waals surface area contributed by atoms with Gasteiger partial charge in [0.05, 0.1) is 13.2 Å². The summed E-state index contributed by atoms with van der Waals surface area (Å²) in [5.41, 5.74) is 3.44. The molecule has 1 aliphatic rings. The first-order valence-electron chi connectivity index (χ1n) is 35.8. The minimum atomic E-state index is -0.0290. The van der Waals surface area contributed by atoms with Gasteiger partial charge in [-0.15, -0.1) is 0 Å². The second-order valence-corrected chi connectivity index (χ2v) is 24.9. The van der Waals surface area contributed by atoms with Crippen LogP contribution in [-0.2, 0) is 19.1 Å². The maximum absolute atomic E-state index is 12.3. The number of ether oxygens (including phenoxy) is 2. The molecule has 1 saturated heterocycles. The van der Waals surface area contributed by atoms with Crippen molar-refractivity contribution >= 4 is 11.9 Å². The number of esters is 2. The third-order valence-corrected chi connectivity index (χ3v) is 17.2. The van der Waals surface area contributed by atoms with Crippen molar-refractivity contribution in [2.24, 2.45) is 0 Å². The van der Waals surface area contributed by atoms with E-state index in [4.69, 9.17) is 9.47 Å². The van der Waals surface area contributed by atoms with Gasteiger partial charge in [0.2, 0.25) is 0 Å². The van der Waals surface area contributed by atoms with E-state index in [-0.39, 0.29) is 11.9 Å². The van der Waals surface area contributed by atoms with Crippen molar-refractivity contribution in [1.29, 1.82) is 0 Å². The Labute approximate surface area is 494 Å². The highest BCUT2D eigenvalue weighted by Gasteiger charge is 2.17. The highest BCUT2D eigenvalue weighted by molar-refractivity contribution is 5.69. The molecule has 79 heavy (non-hydrogen) atoms. The van der Waals surface area contributed by atoms with Crippen LogP contribution < -0.4 is 0 Å². The molecule has 0 aliphatic carbocycles. The smallest absolute Gasteiger partial charge is 0.305 e. The van der Waals surface area contributed by atoms with Gasteiger partial charge in [-0.3, -0.25) is 14.5 Å². The van der Waals surface area contributed by atoms with Crippen molar-refractivity contribution in [3.8, 4) is 0 Å². The molecule has 1 fully saturated rings. The molecule has 466 valence electrons. The van der Waals surface area contributed by atoms with Gasteiger partial charge < -0.3 is 19.3 Å². The molecule has 0 amide bonds. The Hall–Kier alpha value is -1.70. The summed E-state index contributed by atoms with van der Waals surface area (Å²) < 4.78 is 11.0. The SMILES string of the molecule is CCCCCCCCCCCC/C=C(\CCCCCCCCCCCC)CCN(CC/C=C1/CCCN(CCN(CCCCCC(=O)OCCCCC)CCCCCC(=O)OCCCCC)C1)CCCCCCCCCCCC. The lowest BCUT2D eigenvalue weighted by Gasteiger charge is -2.32. The van der Waals surface area contributed by atoms with Gasteiger partial charge in [-0.25, -0.2) is 0 Å². The molecule has 1 aliphatic heterocycles. The van der Waals surface area contributed by atoms with E-state index in [1.807, 2.05) is 0 Å². The Morgan fingerprint density at radius 3 is 1.24 bits per heavy atom. The van der Waals surface area contributed by atoms with Crippen LogP contribution in [0.1, 0.15) is 356 Å². The molecule has 0 N–H and O–H groups in total. The fourth-order valence-electron chi connectivity index (χ4n) is 11.8. The van der Waals surface area contributed by atoms with E-state index in [0.717, 1.165) is 110 Å². The van der Waals surface area contributed by atoms with Gasteiger partial charge in [0, 0.05) is 45.6 Å². The summed E-state index contributed by atoms with van der Waals surface area (Å²) in [5.74, 6) is -0.0579. The van der Waals surface area contributed by atoms with Crippen molar-refractivity contribution in [2.75, 3.05) is 72.1 Å². The van der Waals surface area contributed by atoms with Crippen LogP contribution in [0.5, 0.6) is 0 Å². The number of allylic oxidation sites excluding steroid dienone is 1. The average molecular weight is 1110 g/mol. The van der Waals surface area contributed by atoms with Crippen LogP contribution in [0.3, 0.4) is 0 Å². The Morgan fingerprint density at radius 1 is 0.392 bits per heavy atom. The van der Waals surface area contributed by atoms with E-state index in [1.165, 1.54) is 257 Å². The topological polar surface area (TPSA) is 62.3 Å².